The highest BCUT2D eigenvalue weighted by molar-refractivity contribution is 7.13. The molecule has 2 aromatic rings. The van der Waals surface area contributed by atoms with Gasteiger partial charge in [-0.3, -0.25) is 0 Å². The van der Waals surface area contributed by atoms with Crippen LogP contribution in [0.15, 0.2) is 29.9 Å². The molecule has 1 N–H and O–H groups in total. The van der Waals surface area contributed by atoms with Crippen LogP contribution in [0.3, 0.4) is 0 Å². The summed E-state index contributed by atoms with van der Waals surface area (Å²) in [4.78, 5) is 9.53. The van der Waals surface area contributed by atoms with E-state index in [1.165, 1.54) is 0 Å². The second-order valence-corrected chi connectivity index (χ2v) is 4.50. The van der Waals surface area contributed by atoms with E-state index >= 15 is 0 Å². The summed E-state index contributed by atoms with van der Waals surface area (Å²) in [6.45, 7) is 0.536. The molecule has 2 aromatic heterocycles. The van der Waals surface area contributed by atoms with Crippen LogP contribution in [0.4, 0.5) is 5.82 Å². The lowest BCUT2D eigenvalue weighted by Gasteiger charge is -2.14. The topological polar surface area (TPSA) is 56.3 Å². The Kier molecular flexibility index (Phi) is 4.63. The van der Waals surface area contributed by atoms with E-state index in [0.717, 1.165) is 16.4 Å². The molecule has 96 valence electrons. The standard InChI is InChI=1S/C12H15N3O2S/c1-16-12(17-2)7-13-11-6-9(14-8-15-11)10-4-3-5-18-10/h3-6,8,12H,7H2,1-2H3,(H,13,14,15). The lowest BCUT2D eigenvalue weighted by atomic mass is 10.3. The van der Waals surface area contributed by atoms with Crippen LogP contribution in [0.2, 0.25) is 0 Å². The van der Waals surface area contributed by atoms with Crippen molar-refractivity contribution in [2.24, 2.45) is 0 Å². The van der Waals surface area contributed by atoms with Gasteiger partial charge < -0.3 is 14.8 Å². The molecule has 0 aliphatic carbocycles. The molecular formula is C12H15N3O2S. The molecule has 0 amide bonds. The number of ether oxygens (including phenoxy) is 2. The zero-order valence-electron chi connectivity index (χ0n) is 10.3. The Balaban J connectivity index is 2.04. The summed E-state index contributed by atoms with van der Waals surface area (Å²) in [5, 5.41) is 5.18. The fourth-order valence-corrected chi connectivity index (χ4v) is 2.16. The summed E-state index contributed by atoms with van der Waals surface area (Å²) in [5.74, 6) is 0.757. The third-order valence-electron chi connectivity index (χ3n) is 2.42. The first-order valence-electron chi connectivity index (χ1n) is 5.49. The molecule has 0 unspecified atom stereocenters. The molecule has 0 atom stereocenters. The molecule has 0 aliphatic rings. The lowest BCUT2D eigenvalue weighted by molar-refractivity contribution is -0.0914. The highest BCUT2D eigenvalue weighted by Gasteiger charge is 2.06. The van der Waals surface area contributed by atoms with E-state index in [1.54, 1.807) is 31.9 Å². The van der Waals surface area contributed by atoms with Gasteiger partial charge in [0.05, 0.1) is 17.1 Å². The van der Waals surface area contributed by atoms with Crippen LogP contribution in [-0.4, -0.2) is 37.0 Å². The number of nitrogens with one attached hydrogen (secondary N) is 1. The van der Waals surface area contributed by atoms with Gasteiger partial charge in [-0.2, -0.15) is 0 Å². The van der Waals surface area contributed by atoms with E-state index in [4.69, 9.17) is 9.47 Å². The van der Waals surface area contributed by atoms with Gasteiger partial charge in [-0.05, 0) is 11.4 Å². The van der Waals surface area contributed by atoms with Crippen molar-refractivity contribution in [2.45, 2.75) is 6.29 Å². The largest absolute Gasteiger partial charge is 0.365 e. The molecule has 0 radical (unpaired) electrons. The fraction of sp³-hybridized carbons (Fsp3) is 0.333. The zero-order chi connectivity index (χ0) is 12.8. The second kappa shape index (κ2) is 6.44. The normalized spacial score (nSPS) is 10.8. The quantitative estimate of drug-likeness (QED) is 0.812. The zero-order valence-corrected chi connectivity index (χ0v) is 11.1. The highest BCUT2D eigenvalue weighted by Crippen LogP contribution is 2.23. The van der Waals surface area contributed by atoms with Gasteiger partial charge >= 0.3 is 0 Å². The van der Waals surface area contributed by atoms with E-state index in [0.29, 0.717) is 6.54 Å². The van der Waals surface area contributed by atoms with Crippen molar-refractivity contribution in [3.8, 4) is 10.6 Å². The minimum atomic E-state index is -0.287. The molecule has 6 heteroatoms. The molecule has 5 nitrogen and oxygen atoms in total. The Bertz CT molecular complexity index is 472. The lowest BCUT2D eigenvalue weighted by Crippen LogP contribution is -2.24. The maximum Gasteiger partial charge on any atom is 0.173 e. The maximum atomic E-state index is 5.10. The Morgan fingerprint density at radius 3 is 2.83 bits per heavy atom. The maximum absolute atomic E-state index is 5.10. The molecule has 0 fully saturated rings. The van der Waals surface area contributed by atoms with Crippen molar-refractivity contribution >= 4 is 17.2 Å². The smallest absolute Gasteiger partial charge is 0.173 e. The number of thiophene rings is 1. The SMILES string of the molecule is COC(CNc1cc(-c2cccs2)ncn1)OC. The molecule has 2 rings (SSSR count). The minimum Gasteiger partial charge on any atom is -0.365 e. The average Bonchev–Trinajstić information content (AvgIpc) is 2.94. The minimum absolute atomic E-state index is 0.287. The highest BCUT2D eigenvalue weighted by atomic mass is 32.1. The Morgan fingerprint density at radius 1 is 1.33 bits per heavy atom. The molecule has 0 spiro atoms. The second-order valence-electron chi connectivity index (χ2n) is 3.55. The number of aromatic nitrogens is 2. The summed E-state index contributed by atoms with van der Waals surface area (Å²) in [7, 11) is 3.21. The van der Waals surface area contributed by atoms with Crippen LogP contribution < -0.4 is 5.32 Å². The third-order valence-corrected chi connectivity index (χ3v) is 3.31. The predicted molar refractivity (Wildman–Crippen MR) is 71.6 cm³/mol. The van der Waals surface area contributed by atoms with E-state index in [1.807, 2.05) is 23.6 Å². The summed E-state index contributed by atoms with van der Waals surface area (Å²) in [5.41, 5.74) is 0.911. The first kappa shape index (κ1) is 12.9. The molecule has 0 saturated carbocycles. The van der Waals surface area contributed by atoms with Gasteiger partial charge in [-0.25, -0.2) is 9.97 Å². The molecule has 0 aliphatic heterocycles. The monoisotopic (exact) mass is 265 g/mol. The molecule has 0 aromatic carbocycles. The van der Waals surface area contributed by atoms with Crippen molar-refractivity contribution in [1.29, 1.82) is 0 Å². The van der Waals surface area contributed by atoms with E-state index in [-0.39, 0.29) is 6.29 Å². The first-order valence-corrected chi connectivity index (χ1v) is 6.37. The summed E-state index contributed by atoms with van der Waals surface area (Å²) < 4.78 is 10.2. The Hall–Kier alpha value is -1.50. The Labute approximate surface area is 110 Å². The van der Waals surface area contributed by atoms with Crippen LogP contribution in [0.1, 0.15) is 0 Å². The van der Waals surface area contributed by atoms with Crippen molar-refractivity contribution in [2.75, 3.05) is 26.1 Å². The van der Waals surface area contributed by atoms with Crippen LogP contribution >= 0.6 is 11.3 Å². The number of anilines is 1. The number of methoxy groups -OCH3 is 2. The molecule has 2 heterocycles. The number of hydrogen-bond acceptors (Lipinski definition) is 6. The molecular weight excluding hydrogens is 250 g/mol. The molecule has 0 saturated heterocycles. The van der Waals surface area contributed by atoms with E-state index < -0.39 is 0 Å². The van der Waals surface area contributed by atoms with Crippen molar-refractivity contribution < 1.29 is 9.47 Å². The van der Waals surface area contributed by atoms with Crippen molar-refractivity contribution in [3.05, 3.63) is 29.9 Å². The Morgan fingerprint density at radius 2 is 2.17 bits per heavy atom. The van der Waals surface area contributed by atoms with Crippen LogP contribution in [0.5, 0.6) is 0 Å². The van der Waals surface area contributed by atoms with Crippen LogP contribution in [0, 0.1) is 0 Å². The number of rotatable bonds is 6. The average molecular weight is 265 g/mol. The molecule has 0 bridgehead atoms. The van der Waals surface area contributed by atoms with E-state index in [2.05, 4.69) is 15.3 Å². The van der Waals surface area contributed by atoms with Crippen molar-refractivity contribution in [1.82, 2.24) is 9.97 Å². The number of hydrogen-bond donors (Lipinski definition) is 1. The van der Waals surface area contributed by atoms with Crippen LogP contribution in [0.25, 0.3) is 10.6 Å². The summed E-state index contributed by atoms with van der Waals surface area (Å²) in [6, 6.07) is 5.94. The first-order chi connectivity index (χ1) is 8.83. The predicted octanol–water partition coefficient (Wildman–Crippen LogP) is 2.24. The van der Waals surface area contributed by atoms with Gasteiger partial charge in [0.2, 0.25) is 0 Å². The van der Waals surface area contributed by atoms with Gasteiger partial charge in [-0.15, -0.1) is 11.3 Å². The number of nitrogens with zero attached hydrogens (tertiary/aromatic N) is 2. The summed E-state index contributed by atoms with van der Waals surface area (Å²) >= 11 is 1.65. The molecule has 18 heavy (non-hydrogen) atoms. The summed E-state index contributed by atoms with van der Waals surface area (Å²) in [6.07, 6.45) is 1.26. The van der Waals surface area contributed by atoms with Crippen molar-refractivity contribution in [3.63, 3.8) is 0 Å². The van der Waals surface area contributed by atoms with Crippen LogP contribution in [-0.2, 0) is 9.47 Å². The van der Waals surface area contributed by atoms with Gasteiger partial charge in [0, 0.05) is 20.3 Å². The van der Waals surface area contributed by atoms with Gasteiger partial charge in [0.1, 0.15) is 12.1 Å². The third kappa shape index (κ3) is 3.25. The van der Waals surface area contributed by atoms with E-state index in [9.17, 15) is 0 Å². The van der Waals surface area contributed by atoms with Gasteiger partial charge in [0.15, 0.2) is 6.29 Å². The fourth-order valence-electron chi connectivity index (χ4n) is 1.46. The van der Waals surface area contributed by atoms with Gasteiger partial charge in [0.25, 0.3) is 0 Å². The van der Waals surface area contributed by atoms with Gasteiger partial charge in [-0.1, -0.05) is 6.07 Å².